The average molecular weight is 260 g/mol. The molecule has 0 aliphatic carbocycles. The third-order valence-electron chi connectivity index (χ3n) is 2.89. The number of carboxylic acid groups (broad SMARTS) is 1. The number of nitrogens with zero attached hydrogens (tertiary/aromatic N) is 1. The summed E-state index contributed by atoms with van der Waals surface area (Å²) in [4.78, 5) is 15.4. The molecule has 0 bridgehead atoms. The van der Waals surface area contributed by atoms with E-state index in [9.17, 15) is 9.90 Å². The van der Waals surface area contributed by atoms with E-state index in [1.807, 2.05) is 30.3 Å². The Labute approximate surface area is 111 Å². The van der Waals surface area contributed by atoms with E-state index in [1.54, 1.807) is 13.3 Å². The molecule has 0 saturated carbocycles. The number of aromatic nitrogens is 1. The molecule has 1 aromatic heterocycles. The van der Waals surface area contributed by atoms with Crippen molar-refractivity contribution >= 4 is 22.6 Å². The van der Waals surface area contributed by atoms with Crippen LogP contribution in [0, 0.1) is 0 Å². The predicted octanol–water partition coefficient (Wildman–Crippen LogP) is 2.14. The summed E-state index contributed by atoms with van der Waals surface area (Å²) in [7, 11) is 1.55. The van der Waals surface area contributed by atoms with E-state index in [4.69, 9.17) is 4.74 Å². The molecule has 5 nitrogen and oxygen atoms in total. The van der Waals surface area contributed by atoms with Gasteiger partial charge in [0.05, 0.1) is 0 Å². The first-order chi connectivity index (χ1) is 9.22. The van der Waals surface area contributed by atoms with Crippen molar-refractivity contribution in [1.29, 1.82) is 0 Å². The third kappa shape index (κ3) is 3.20. The lowest BCUT2D eigenvalue weighted by molar-refractivity contribution is -0.138. The minimum atomic E-state index is -0.910. The topological polar surface area (TPSA) is 71.5 Å². The van der Waals surface area contributed by atoms with Crippen LogP contribution in [0.25, 0.3) is 10.8 Å². The highest BCUT2D eigenvalue weighted by Gasteiger charge is 2.18. The molecule has 0 spiro atoms. The smallest absolute Gasteiger partial charge is 0.326 e. The first kappa shape index (κ1) is 13.3. The fraction of sp³-hybridized carbons (Fsp3) is 0.286. The van der Waals surface area contributed by atoms with Crippen LogP contribution >= 0.6 is 0 Å². The lowest BCUT2D eigenvalue weighted by atomic mass is 10.1. The van der Waals surface area contributed by atoms with Crippen molar-refractivity contribution in [2.75, 3.05) is 19.0 Å². The number of aliphatic carboxylic acids is 1. The Kier molecular flexibility index (Phi) is 4.30. The van der Waals surface area contributed by atoms with Gasteiger partial charge in [0.2, 0.25) is 0 Å². The lowest BCUT2D eigenvalue weighted by Gasteiger charge is -2.15. The summed E-state index contributed by atoms with van der Waals surface area (Å²) in [5.41, 5.74) is 0. The zero-order chi connectivity index (χ0) is 13.7. The minimum Gasteiger partial charge on any atom is -0.480 e. The molecule has 0 radical (unpaired) electrons. The molecule has 5 heteroatoms. The number of benzene rings is 1. The van der Waals surface area contributed by atoms with Gasteiger partial charge in [-0.3, -0.25) is 0 Å². The molecule has 2 aromatic rings. The molecule has 100 valence electrons. The van der Waals surface area contributed by atoms with Crippen molar-refractivity contribution in [1.82, 2.24) is 4.98 Å². The van der Waals surface area contributed by atoms with Crippen molar-refractivity contribution in [3.63, 3.8) is 0 Å². The molecule has 0 saturated heterocycles. The molecule has 0 aliphatic heterocycles. The van der Waals surface area contributed by atoms with Crippen LogP contribution in [0.2, 0.25) is 0 Å². The molecule has 1 unspecified atom stereocenters. The summed E-state index contributed by atoms with van der Waals surface area (Å²) < 4.78 is 4.92. The second-order valence-corrected chi connectivity index (χ2v) is 4.20. The Morgan fingerprint density at radius 2 is 2.21 bits per heavy atom. The fourth-order valence-corrected chi connectivity index (χ4v) is 1.89. The van der Waals surface area contributed by atoms with Gasteiger partial charge >= 0.3 is 5.97 Å². The molecule has 19 heavy (non-hydrogen) atoms. The summed E-state index contributed by atoms with van der Waals surface area (Å²) >= 11 is 0. The van der Waals surface area contributed by atoms with E-state index in [-0.39, 0.29) is 0 Å². The maximum absolute atomic E-state index is 11.2. The van der Waals surface area contributed by atoms with Gasteiger partial charge in [-0.2, -0.15) is 0 Å². The highest BCUT2D eigenvalue weighted by molar-refractivity contribution is 5.93. The number of carboxylic acids is 1. The van der Waals surface area contributed by atoms with Gasteiger partial charge < -0.3 is 15.2 Å². The van der Waals surface area contributed by atoms with Crippen molar-refractivity contribution in [3.8, 4) is 0 Å². The SMILES string of the molecule is COCCC(Nc1nccc2ccccc12)C(=O)O. The molecule has 1 aromatic carbocycles. The van der Waals surface area contributed by atoms with E-state index in [0.29, 0.717) is 18.8 Å². The molecular weight excluding hydrogens is 244 g/mol. The summed E-state index contributed by atoms with van der Waals surface area (Å²) in [5, 5.41) is 14.1. The van der Waals surface area contributed by atoms with Crippen molar-refractivity contribution < 1.29 is 14.6 Å². The normalized spacial score (nSPS) is 12.3. The van der Waals surface area contributed by atoms with Crippen LogP contribution in [0.15, 0.2) is 36.5 Å². The largest absolute Gasteiger partial charge is 0.480 e. The Hall–Kier alpha value is -2.14. The second kappa shape index (κ2) is 6.15. The van der Waals surface area contributed by atoms with E-state index < -0.39 is 12.0 Å². The number of nitrogens with one attached hydrogen (secondary N) is 1. The number of ether oxygens (including phenoxy) is 1. The number of pyridine rings is 1. The average Bonchev–Trinajstić information content (AvgIpc) is 2.43. The summed E-state index contributed by atoms with van der Waals surface area (Å²) in [6, 6.07) is 8.91. The second-order valence-electron chi connectivity index (χ2n) is 4.20. The van der Waals surface area contributed by atoms with Crippen molar-refractivity contribution in [3.05, 3.63) is 36.5 Å². The zero-order valence-electron chi connectivity index (χ0n) is 10.7. The molecule has 0 amide bonds. The number of fused-ring (bicyclic) bond motifs is 1. The summed E-state index contributed by atoms with van der Waals surface area (Å²) in [6.45, 7) is 0.384. The highest BCUT2D eigenvalue weighted by Crippen LogP contribution is 2.21. The third-order valence-corrected chi connectivity index (χ3v) is 2.89. The van der Waals surface area contributed by atoms with Crippen LogP contribution < -0.4 is 5.32 Å². The van der Waals surface area contributed by atoms with E-state index in [0.717, 1.165) is 10.8 Å². The van der Waals surface area contributed by atoms with Crippen LogP contribution in [-0.2, 0) is 9.53 Å². The highest BCUT2D eigenvalue weighted by atomic mass is 16.5. The van der Waals surface area contributed by atoms with Gasteiger partial charge in [0.1, 0.15) is 11.9 Å². The van der Waals surface area contributed by atoms with Crippen LogP contribution in [-0.4, -0.2) is 35.8 Å². The van der Waals surface area contributed by atoms with Crippen LogP contribution in [0.4, 0.5) is 5.82 Å². The van der Waals surface area contributed by atoms with Crippen molar-refractivity contribution in [2.45, 2.75) is 12.5 Å². The molecule has 1 heterocycles. The Morgan fingerprint density at radius 1 is 1.42 bits per heavy atom. The summed E-state index contributed by atoms with van der Waals surface area (Å²) in [6.07, 6.45) is 2.05. The monoisotopic (exact) mass is 260 g/mol. The maximum Gasteiger partial charge on any atom is 0.326 e. The zero-order valence-corrected chi connectivity index (χ0v) is 10.7. The number of rotatable bonds is 6. The maximum atomic E-state index is 11.2. The number of hydrogen-bond acceptors (Lipinski definition) is 4. The molecule has 0 fully saturated rings. The molecule has 1 atom stereocenters. The molecule has 0 aliphatic rings. The quantitative estimate of drug-likeness (QED) is 0.832. The Balaban J connectivity index is 2.26. The molecule has 2 rings (SSSR count). The van der Waals surface area contributed by atoms with Gasteiger partial charge in [0.25, 0.3) is 0 Å². The Morgan fingerprint density at radius 3 is 2.95 bits per heavy atom. The minimum absolute atomic E-state index is 0.384. The number of anilines is 1. The van der Waals surface area contributed by atoms with E-state index in [1.165, 1.54) is 0 Å². The van der Waals surface area contributed by atoms with Gasteiger partial charge in [-0.05, 0) is 11.5 Å². The van der Waals surface area contributed by atoms with Gasteiger partial charge in [-0.25, -0.2) is 9.78 Å². The Bertz CT molecular complexity index is 566. The summed E-state index contributed by atoms with van der Waals surface area (Å²) in [5.74, 6) is -0.326. The number of hydrogen-bond donors (Lipinski definition) is 2. The molecular formula is C14H16N2O3. The standard InChI is InChI=1S/C14H16N2O3/c1-19-9-7-12(14(17)18)16-13-11-5-3-2-4-10(11)6-8-15-13/h2-6,8,12H,7,9H2,1H3,(H,15,16)(H,17,18). The number of methoxy groups -OCH3 is 1. The molecule has 2 N–H and O–H groups in total. The lowest BCUT2D eigenvalue weighted by Crippen LogP contribution is -2.30. The van der Waals surface area contributed by atoms with Crippen LogP contribution in [0.1, 0.15) is 6.42 Å². The predicted molar refractivity (Wildman–Crippen MR) is 73.3 cm³/mol. The van der Waals surface area contributed by atoms with Gasteiger partial charge in [-0.1, -0.05) is 24.3 Å². The van der Waals surface area contributed by atoms with Crippen molar-refractivity contribution in [2.24, 2.45) is 0 Å². The van der Waals surface area contributed by atoms with Gasteiger partial charge in [0.15, 0.2) is 0 Å². The van der Waals surface area contributed by atoms with Crippen LogP contribution in [0.3, 0.4) is 0 Å². The first-order valence-electron chi connectivity index (χ1n) is 6.04. The number of carbonyl (C=O) groups is 1. The van der Waals surface area contributed by atoms with E-state index >= 15 is 0 Å². The van der Waals surface area contributed by atoms with E-state index in [2.05, 4.69) is 10.3 Å². The van der Waals surface area contributed by atoms with Crippen LogP contribution in [0.5, 0.6) is 0 Å². The first-order valence-corrected chi connectivity index (χ1v) is 6.04. The fourth-order valence-electron chi connectivity index (χ4n) is 1.89. The van der Waals surface area contributed by atoms with Gasteiger partial charge in [0, 0.05) is 31.7 Å². The van der Waals surface area contributed by atoms with Gasteiger partial charge in [-0.15, -0.1) is 0 Å².